The van der Waals surface area contributed by atoms with Crippen LogP contribution in [-0.2, 0) is 9.53 Å². The van der Waals surface area contributed by atoms with Gasteiger partial charge in [0.25, 0.3) is 0 Å². The summed E-state index contributed by atoms with van der Waals surface area (Å²) in [4.78, 5) is 26.2. The predicted molar refractivity (Wildman–Crippen MR) is 123 cm³/mol. The Morgan fingerprint density at radius 2 is 1.55 bits per heavy atom. The van der Waals surface area contributed by atoms with Crippen molar-refractivity contribution < 1.29 is 14.6 Å². The monoisotopic (exact) mass is 444 g/mol. The van der Waals surface area contributed by atoms with Gasteiger partial charge in [-0.3, -0.25) is 19.7 Å². The molecule has 3 aromatic rings. The van der Waals surface area contributed by atoms with Crippen LogP contribution in [0.15, 0.2) is 79.4 Å². The van der Waals surface area contributed by atoms with Crippen LogP contribution in [0.25, 0.3) is 0 Å². The van der Waals surface area contributed by atoms with E-state index in [-0.39, 0.29) is 12.5 Å². The molecule has 2 aliphatic rings. The SMILES string of the molecule is O=C([C@@H]1[C@@H](c2ccncc2)O[C@H](c2ccncc2)N1[C@@H](CO)c1ccccc1)N1CCCC1. The molecule has 0 saturated carbocycles. The largest absolute Gasteiger partial charge is 0.394 e. The first-order chi connectivity index (χ1) is 16.3. The van der Waals surface area contributed by atoms with Gasteiger partial charge in [0.1, 0.15) is 18.4 Å². The summed E-state index contributed by atoms with van der Waals surface area (Å²) in [5.41, 5.74) is 2.74. The van der Waals surface area contributed by atoms with Gasteiger partial charge < -0.3 is 14.7 Å². The topological polar surface area (TPSA) is 78.8 Å². The lowest BCUT2D eigenvalue weighted by atomic mass is 9.97. The summed E-state index contributed by atoms with van der Waals surface area (Å²) in [6, 6.07) is 16.5. The van der Waals surface area contributed by atoms with E-state index in [1.165, 1.54) is 0 Å². The summed E-state index contributed by atoms with van der Waals surface area (Å²) in [6.45, 7) is 1.37. The smallest absolute Gasteiger partial charge is 0.243 e. The molecular formula is C26H28N4O3. The first-order valence-electron chi connectivity index (χ1n) is 11.5. The quantitative estimate of drug-likeness (QED) is 0.629. The van der Waals surface area contributed by atoms with Crippen molar-refractivity contribution in [3.8, 4) is 0 Å². The lowest BCUT2D eigenvalue weighted by molar-refractivity contribution is -0.137. The Hall–Kier alpha value is -3.13. The molecule has 0 radical (unpaired) electrons. The number of hydrogen-bond acceptors (Lipinski definition) is 6. The van der Waals surface area contributed by atoms with E-state index in [1.807, 2.05) is 59.5 Å². The van der Waals surface area contributed by atoms with Crippen LogP contribution in [0.1, 0.15) is 47.9 Å². The molecular weight excluding hydrogens is 416 g/mol. The highest BCUT2D eigenvalue weighted by atomic mass is 16.5. The number of aliphatic hydroxyl groups excluding tert-OH is 1. The molecule has 2 aliphatic heterocycles. The van der Waals surface area contributed by atoms with E-state index >= 15 is 0 Å². The van der Waals surface area contributed by atoms with Crippen LogP contribution in [0.2, 0.25) is 0 Å². The van der Waals surface area contributed by atoms with Crippen molar-refractivity contribution in [3.63, 3.8) is 0 Å². The number of pyridine rings is 2. The molecule has 4 heterocycles. The molecule has 1 aromatic carbocycles. The Labute approximate surface area is 193 Å². The summed E-state index contributed by atoms with van der Waals surface area (Å²) in [5.74, 6) is 0.0419. The van der Waals surface area contributed by atoms with Crippen LogP contribution in [-0.4, -0.2) is 56.5 Å². The molecule has 0 unspecified atom stereocenters. The van der Waals surface area contributed by atoms with Crippen molar-refractivity contribution >= 4 is 5.91 Å². The number of benzene rings is 1. The van der Waals surface area contributed by atoms with Gasteiger partial charge in [-0.15, -0.1) is 0 Å². The first-order valence-corrected chi connectivity index (χ1v) is 11.5. The fourth-order valence-electron chi connectivity index (χ4n) is 4.96. The minimum Gasteiger partial charge on any atom is -0.394 e. The summed E-state index contributed by atoms with van der Waals surface area (Å²) < 4.78 is 6.66. The van der Waals surface area contributed by atoms with Gasteiger partial charge in [-0.05, 0) is 53.8 Å². The number of carbonyl (C=O) groups excluding carboxylic acids is 1. The summed E-state index contributed by atoms with van der Waals surface area (Å²) in [5, 5.41) is 10.6. The summed E-state index contributed by atoms with van der Waals surface area (Å²) in [7, 11) is 0. The maximum atomic E-state index is 14.0. The van der Waals surface area contributed by atoms with Crippen LogP contribution in [0.5, 0.6) is 0 Å². The van der Waals surface area contributed by atoms with Crippen LogP contribution >= 0.6 is 0 Å². The summed E-state index contributed by atoms with van der Waals surface area (Å²) >= 11 is 0. The summed E-state index contributed by atoms with van der Waals surface area (Å²) in [6.07, 6.45) is 7.91. The molecule has 7 nitrogen and oxygen atoms in total. The fourth-order valence-corrected chi connectivity index (χ4v) is 4.96. The maximum absolute atomic E-state index is 14.0. The zero-order valence-corrected chi connectivity index (χ0v) is 18.4. The van der Waals surface area contributed by atoms with E-state index in [4.69, 9.17) is 4.74 Å². The molecule has 2 fully saturated rings. The van der Waals surface area contributed by atoms with Crippen molar-refractivity contribution in [3.05, 3.63) is 96.1 Å². The first kappa shape index (κ1) is 21.7. The molecule has 5 rings (SSSR count). The molecule has 170 valence electrons. The number of amides is 1. The molecule has 0 aliphatic carbocycles. The van der Waals surface area contributed by atoms with E-state index in [0.29, 0.717) is 0 Å². The Morgan fingerprint density at radius 3 is 2.15 bits per heavy atom. The highest BCUT2D eigenvalue weighted by Crippen LogP contribution is 2.47. The maximum Gasteiger partial charge on any atom is 0.243 e. The van der Waals surface area contributed by atoms with Gasteiger partial charge in [-0.2, -0.15) is 0 Å². The lowest BCUT2D eigenvalue weighted by Gasteiger charge is -2.36. The minimum absolute atomic E-state index is 0.0419. The zero-order valence-electron chi connectivity index (χ0n) is 18.4. The van der Waals surface area contributed by atoms with E-state index < -0.39 is 24.4 Å². The molecule has 33 heavy (non-hydrogen) atoms. The second-order valence-electron chi connectivity index (χ2n) is 8.50. The third-order valence-electron chi connectivity index (χ3n) is 6.57. The van der Waals surface area contributed by atoms with Crippen LogP contribution in [0.3, 0.4) is 0 Å². The van der Waals surface area contributed by atoms with Gasteiger partial charge in [0.15, 0.2) is 0 Å². The van der Waals surface area contributed by atoms with E-state index in [2.05, 4.69) is 14.9 Å². The molecule has 4 atom stereocenters. The molecule has 2 aromatic heterocycles. The van der Waals surface area contributed by atoms with E-state index in [0.717, 1.165) is 42.6 Å². The second kappa shape index (κ2) is 9.79. The number of carbonyl (C=O) groups is 1. The number of aromatic nitrogens is 2. The molecule has 2 saturated heterocycles. The second-order valence-corrected chi connectivity index (χ2v) is 8.50. The molecule has 0 bridgehead atoms. The molecule has 1 amide bonds. The van der Waals surface area contributed by atoms with Crippen molar-refractivity contribution in [1.82, 2.24) is 19.8 Å². The zero-order chi connectivity index (χ0) is 22.6. The predicted octanol–water partition coefficient (Wildman–Crippen LogP) is 3.27. The number of rotatable bonds is 6. The van der Waals surface area contributed by atoms with Crippen LogP contribution in [0, 0.1) is 0 Å². The van der Waals surface area contributed by atoms with Gasteiger partial charge in [0.05, 0.1) is 12.6 Å². The van der Waals surface area contributed by atoms with Crippen molar-refractivity contribution in [2.45, 2.75) is 37.3 Å². The van der Waals surface area contributed by atoms with Crippen molar-refractivity contribution in [2.24, 2.45) is 0 Å². The van der Waals surface area contributed by atoms with Crippen LogP contribution in [0.4, 0.5) is 0 Å². The van der Waals surface area contributed by atoms with Crippen molar-refractivity contribution in [1.29, 1.82) is 0 Å². The number of ether oxygens (including phenoxy) is 1. The fraction of sp³-hybridized carbons (Fsp3) is 0.346. The molecule has 0 spiro atoms. The lowest BCUT2D eigenvalue weighted by Crippen LogP contribution is -2.49. The van der Waals surface area contributed by atoms with E-state index in [1.54, 1.807) is 24.8 Å². The van der Waals surface area contributed by atoms with Crippen LogP contribution < -0.4 is 0 Å². The third kappa shape index (κ3) is 4.27. The Bertz CT molecular complexity index is 1040. The van der Waals surface area contributed by atoms with Gasteiger partial charge in [0, 0.05) is 37.9 Å². The van der Waals surface area contributed by atoms with Crippen molar-refractivity contribution in [2.75, 3.05) is 19.7 Å². The normalized spacial score (nSPS) is 24.2. The average Bonchev–Trinajstić information content (AvgIpc) is 3.55. The van der Waals surface area contributed by atoms with Gasteiger partial charge in [0.2, 0.25) is 5.91 Å². The Kier molecular flexibility index (Phi) is 6.44. The van der Waals surface area contributed by atoms with E-state index in [9.17, 15) is 9.90 Å². The standard InChI is InChI=1S/C26H28N4O3/c31-18-22(19-6-2-1-3-7-19)30-23(25(32)29-16-4-5-17-29)24(20-8-12-27-13-9-20)33-26(30)21-10-14-28-15-11-21/h1-3,6-15,22-24,26,31H,4-5,16-18H2/t22-,23-,24+,26+/m0/s1. The Morgan fingerprint density at radius 1 is 0.939 bits per heavy atom. The van der Waals surface area contributed by atoms with Gasteiger partial charge >= 0.3 is 0 Å². The minimum atomic E-state index is -0.582. The number of likely N-dealkylation sites (tertiary alicyclic amines) is 1. The average molecular weight is 445 g/mol. The number of nitrogens with zero attached hydrogens (tertiary/aromatic N) is 4. The third-order valence-corrected chi connectivity index (χ3v) is 6.57. The van der Waals surface area contributed by atoms with Gasteiger partial charge in [-0.25, -0.2) is 0 Å². The Balaban J connectivity index is 1.64. The molecule has 7 heteroatoms. The molecule has 1 N–H and O–H groups in total. The number of aliphatic hydroxyl groups is 1. The number of hydrogen-bond donors (Lipinski definition) is 1. The highest BCUT2D eigenvalue weighted by molar-refractivity contribution is 5.83. The highest BCUT2D eigenvalue weighted by Gasteiger charge is 2.51. The van der Waals surface area contributed by atoms with Gasteiger partial charge in [-0.1, -0.05) is 30.3 Å².